The van der Waals surface area contributed by atoms with Crippen molar-refractivity contribution in [2.75, 3.05) is 24.5 Å². The number of aryl methyl sites for hydroxylation is 2. The summed E-state index contributed by atoms with van der Waals surface area (Å²) in [5, 5.41) is 0.681. The number of amides is 2. The van der Waals surface area contributed by atoms with Crippen molar-refractivity contribution in [3.05, 3.63) is 53.6 Å². The summed E-state index contributed by atoms with van der Waals surface area (Å²) in [5.74, 6) is 0.524. The van der Waals surface area contributed by atoms with Gasteiger partial charge in [-0.3, -0.25) is 14.5 Å². The number of aromatic nitrogens is 1. The summed E-state index contributed by atoms with van der Waals surface area (Å²) >= 11 is 1.51. The third-order valence-corrected chi connectivity index (χ3v) is 6.73. The van der Waals surface area contributed by atoms with E-state index in [1.807, 2.05) is 50.2 Å². The first-order valence-electron chi connectivity index (χ1n) is 10.2. The maximum atomic E-state index is 12.9. The Labute approximate surface area is 179 Å². The minimum Gasteiger partial charge on any atom is -0.487 e. The van der Waals surface area contributed by atoms with E-state index in [2.05, 4.69) is 11.1 Å². The second-order valence-electron chi connectivity index (χ2n) is 8.17. The van der Waals surface area contributed by atoms with Gasteiger partial charge in [0, 0.05) is 13.0 Å². The minimum absolute atomic E-state index is 0.0106. The molecule has 1 unspecified atom stereocenters. The van der Waals surface area contributed by atoms with E-state index in [-0.39, 0.29) is 30.3 Å². The predicted octanol–water partition coefficient (Wildman–Crippen LogP) is 3.56. The number of rotatable bonds is 4. The number of ether oxygens (including phenoxy) is 1. The number of benzene rings is 2. The lowest BCUT2D eigenvalue weighted by Crippen LogP contribution is -2.57. The fraction of sp³-hybridized carbons (Fsp3) is 0.348. The van der Waals surface area contributed by atoms with Crippen LogP contribution in [0.1, 0.15) is 17.5 Å². The van der Waals surface area contributed by atoms with E-state index < -0.39 is 0 Å². The quantitative estimate of drug-likeness (QED) is 0.646. The molecule has 30 heavy (non-hydrogen) atoms. The molecule has 0 bridgehead atoms. The van der Waals surface area contributed by atoms with Crippen LogP contribution in [0.2, 0.25) is 0 Å². The molecule has 0 saturated carbocycles. The van der Waals surface area contributed by atoms with E-state index >= 15 is 0 Å². The van der Waals surface area contributed by atoms with Crippen molar-refractivity contribution in [1.82, 2.24) is 9.88 Å². The average Bonchev–Trinajstić information content (AvgIpc) is 3.26. The van der Waals surface area contributed by atoms with Gasteiger partial charge in [-0.1, -0.05) is 29.5 Å². The lowest BCUT2D eigenvalue weighted by Gasteiger charge is -2.40. The van der Waals surface area contributed by atoms with Gasteiger partial charge < -0.3 is 9.64 Å². The standard InChI is InChI=1S/C23H23N3O3S/c1-14-4-3-5-17(8-14)29-18-12-25(13-18)22(28)16-10-21(27)26(11-16)23-24-19-7-6-15(2)9-20(19)30-23/h3-9,16,18H,10-13H2,1-2H3. The Morgan fingerprint density at radius 1 is 1.10 bits per heavy atom. The molecule has 2 amide bonds. The largest absolute Gasteiger partial charge is 0.487 e. The molecule has 2 fully saturated rings. The molecule has 6 nitrogen and oxygen atoms in total. The lowest BCUT2D eigenvalue weighted by molar-refractivity contribution is -0.144. The maximum absolute atomic E-state index is 12.9. The minimum atomic E-state index is -0.314. The summed E-state index contributed by atoms with van der Waals surface area (Å²) in [6, 6.07) is 14.0. The third-order valence-electron chi connectivity index (χ3n) is 5.69. The molecule has 0 spiro atoms. The molecule has 0 aliphatic carbocycles. The van der Waals surface area contributed by atoms with E-state index in [9.17, 15) is 9.59 Å². The van der Waals surface area contributed by atoms with Gasteiger partial charge in [-0.15, -0.1) is 0 Å². The highest BCUT2D eigenvalue weighted by atomic mass is 32.1. The monoisotopic (exact) mass is 421 g/mol. The van der Waals surface area contributed by atoms with Gasteiger partial charge in [-0.2, -0.15) is 0 Å². The van der Waals surface area contributed by atoms with E-state index in [4.69, 9.17) is 4.74 Å². The number of fused-ring (bicyclic) bond motifs is 1. The van der Waals surface area contributed by atoms with Gasteiger partial charge in [0.15, 0.2) is 5.13 Å². The van der Waals surface area contributed by atoms with Crippen molar-refractivity contribution in [1.29, 1.82) is 0 Å². The number of carbonyl (C=O) groups excluding carboxylic acids is 2. The van der Waals surface area contributed by atoms with Crippen molar-refractivity contribution < 1.29 is 14.3 Å². The van der Waals surface area contributed by atoms with Gasteiger partial charge in [0.05, 0.1) is 29.2 Å². The van der Waals surface area contributed by atoms with Crippen molar-refractivity contribution in [3.63, 3.8) is 0 Å². The lowest BCUT2D eigenvalue weighted by atomic mass is 10.0. The Balaban J connectivity index is 1.21. The molecule has 0 N–H and O–H groups in total. The zero-order valence-electron chi connectivity index (χ0n) is 17.0. The summed E-state index contributed by atoms with van der Waals surface area (Å²) in [7, 11) is 0. The Bertz CT molecular complexity index is 1140. The Hall–Kier alpha value is -2.93. The summed E-state index contributed by atoms with van der Waals surface area (Å²) in [5.41, 5.74) is 3.20. The average molecular weight is 422 g/mol. The van der Waals surface area contributed by atoms with Crippen LogP contribution in [-0.4, -0.2) is 47.4 Å². The van der Waals surface area contributed by atoms with Gasteiger partial charge in [0.1, 0.15) is 11.9 Å². The van der Waals surface area contributed by atoms with Crippen LogP contribution in [0.3, 0.4) is 0 Å². The van der Waals surface area contributed by atoms with Crippen LogP contribution in [0.4, 0.5) is 5.13 Å². The SMILES string of the molecule is Cc1cccc(OC2CN(C(=O)C3CC(=O)N(c4nc5ccc(C)cc5s4)C3)C2)c1. The molecule has 7 heteroatoms. The highest BCUT2D eigenvalue weighted by molar-refractivity contribution is 7.22. The summed E-state index contributed by atoms with van der Waals surface area (Å²) in [6.07, 6.45) is 0.254. The zero-order chi connectivity index (χ0) is 20.8. The van der Waals surface area contributed by atoms with Crippen molar-refractivity contribution >= 4 is 38.5 Å². The highest BCUT2D eigenvalue weighted by Crippen LogP contribution is 2.34. The van der Waals surface area contributed by atoms with Crippen LogP contribution in [-0.2, 0) is 9.59 Å². The smallest absolute Gasteiger partial charge is 0.229 e. The van der Waals surface area contributed by atoms with Crippen LogP contribution >= 0.6 is 11.3 Å². The molecule has 154 valence electrons. The number of hydrogen-bond acceptors (Lipinski definition) is 5. The first kappa shape index (κ1) is 19.1. The molecule has 2 saturated heterocycles. The van der Waals surface area contributed by atoms with Gasteiger partial charge in [-0.25, -0.2) is 4.98 Å². The highest BCUT2D eigenvalue weighted by Gasteiger charge is 2.42. The maximum Gasteiger partial charge on any atom is 0.229 e. The van der Waals surface area contributed by atoms with Crippen LogP contribution in [0.25, 0.3) is 10.2 Å². The number of thiazole rings is 1. The number of carbonyl (C=O) groups is 2. The summed E-state index contributed by atoms with van der Waals surface area (Å²) < 4.78 is 7.01. The number of hydrogen-bond donors (Lipinski definition) is 0. The van der Waals surface area contributed by atoms with Crippen molar-refractivity contribution in [2.24, 2.45) is 5.92 Å². The van der Waals surface area contributed by atoms with E-state index in [1.54, 1.807) is 9.80 Å². The molecule has 3 aromatic rings. The fourth-order valence-corrected chi connectivity index (χ4v) is 5.12. The number of likely N-dealkylation sites (tertiary alicyclic amines) is 1. The molecule has 1 atom stereocenters. The normalized spacial score (nSPS) is 19.4. The first-order valence-corrected chi connectivity index (χ1v) is 11.0. The van der Waals surface area contributed by atoms with Crippen LogP contribution < -0.4 is 9.64 Å². The summed E-state index contributed by atoms with van der Waals surface area (Å²) in [4.78, 5) is 33.6. The first-order chi connectivity index (χ1) is 14.5. The van der Waals surface area contributed by atoms with Gasteiger partial charge >= 0.3 is 0 Å². The van der Waals surface area contributed by atoms with Gasteiger partial charge in [0.25, 0.3) is 0 Å². The molecular formula is C23H23N3O3S. The third kappa shape index (κ3) is 3.54. The van der Waals surface area contributed by atoms with E-state index in [1.165, 1.54) is 16.9 Å². The van der Waals surface area contributed by atoms with Crippen LogP contribution in [0, 0.1) is 19.8 Å². The molecular weight excluding hydrogens is 398 g/mol. The Kier molecular flexibility index (Phi) is 4.70. The van der Waals surface area contributed by atoms with Crippen molar-refractivity contribution in [3.8, 4) is 5.75 Å². The zero-order valence-corrected chi connectivity index (χ0v) is 17.8. The molecule has 2 aromatic carbocycles. The predicted molar refractivity (Wildman–Crippen MR) is 117 cm³/mol. The van der Waals surface area contributed by atoms with Crippen LogP contribution in [0.5, 0.6) is 5.75 Å². The van der Waals surface area contributed by atoms with Crippen molar-refractivity contribution in [2.45, 2.75) is 26.4 Å². The Morgan fingerprint density at radius 2 is 1.90 bits per heavy atom. The molecule has 5 rings (SSSR count). The molecule has 0 radical (unpaired) electrons. The number of anilines is 1. The van der Waals surface area contributed by atoms with Gasteiger partial charge in [0.2, 0.25) is 11.8 Å². The van der Waals surface area contributed by atoms with Gasteiger partial charge in [-0.05, 0) is 49.2 Å². The second-order valence-corrected chi connectivity index (χ2v) is 9.18. The summed E-state index contributed by atoms with van der Waals surface area (Å²) in [6.45, 7) is 5.60. The molecule has 2 aliphatic rings. The molecule has 2 aliphatic heterocycles. The van der Waals surface area contributed by atoms with E-state index in [0.29, 0.717) is 24.8 Å². The molecule has 1 aromatic heterocycles. The number of nitrogens with zero attached hydrogens (tertiary/aromatic N) is 3. The topological polar surface area (TPSA) is 62.7 Å². The molecule has 3 heterocycles. The Morgan fingerprint density at radius 3 is 2.70 bits per heavy atom. The second kappa shape index (κ2) is 7.40. The van der Waals surface area contributed by atoms with E-state index in [0.717, 1.165) is 21.5 Å². The van der Waals surface area contributed by atoms with Crippen LogP contribution in [0.15, 0.2) is 42.5 Å². The fourth-order valence-electron chi connectivity index (χ4n) is 4.02.